The number of methoxy groups -OCH3 is 3. The van der Waals surface area contributed by atoms with Crippen LogP contribution in [0.2, 0.25) is 0 Å². The third kappa shape index (κ3) is 5.04. The summed E-state index contributed by atoms with van der Waals surface area (Å²) in [5.41, 5.74) is 2.04. The summed E-state index contributed by atoms with van der Waals surface area (Å²) in [4.78, 5) is 8.45. The zero-order valence-electron chi connectivity index (χ0n) is 21.5. The van der Waals surface area contributed by atoms with Crippen LogP contribution >= 0.6 is 0 Å². The van der Waals surface area contributed by atoms with Crippen molar-refractivity contribution in [2.45, 2.75) is 31.0 Å². The molecule has 4 rings (SSSR count). The highest BCUT2D eigenvalue weighted by Crippen LogP contribution is 2.37. The van der Waals surface area contributed by atoms with E-state index in [-0.39, 0.29) is 5.82 Å². The highest BCUT2D eigenvalue weighted by Gasteiger charge is 2.36. The van der Waals surface area contributed by atoms with Crippen molar-refractivity contribution in [2.75, 3.05) is 21.3 Å². The maximum Gasteiger partial charge on any atom is 0.170 e. The molecule has 0 N–H and O–H groups in total. The predicted molar refractivity (Wildman–Crippen MR) is 135 cm³/mol. The van der Waals surface area contributed by atoms with Crippen LogP contribution in [0.3, 0.4) is 0 Å². The topological polar surface area (TPSA) is 136 Å². The van der Waals surface area contributed by atoms with Gasteiger partial charge in [-0.05, 0) is 37.6 Å². The summed E-state index contributed by atoms with van der Waals surface area (Å²) in [5.74, 6) is 1.47. The van der Waals surface area contributed by atoms with Crippen LogP contribution in [0.4, 0.5) is 0 Å². The molecule has 0 amide bonds. The van der Waals surface area contributed by atoms with Crippen LogP contribution in [-0.4, -0.2) is 69.5 Å². The molecule has 0 radical (unpaired) electrons. The summed E-state index contributed by atoms with van der Waals surface area (Å²) in [6.07, 6.45) is 3.88. The molecule has 2 atom stereocenters. The maximum atomic E-state index is 13.7. The van der Waals surface area contributed by atoms with Crippen molar-refractivity contribution < 1.29 is 22.6 Å². The van der Waals surface area contributed by atoms with E-state index in [9.17, 15) is 8.42 Å². The summed E-state index contributed by atoms with van der Waals surface area (Å²) in [7, 11) is 2.33. The first kappa shape index (κ1) is 26.2. The van der Waals surface area contributed by atoms with Gasteiger partial charge in [0.25, 0.3) is 0 Å². The highest BCUT2D eigenvalue weighted by atomic mass is 32.2. The van der Waals surface area contributed by atoms with Crippen LogP contribution in [0.15, 0.2) is 43.0 Å². The second-order valence-corrected chi connectivity index (χ2v) is 10.8. The molecule has 0 spiro atoms. The fourth-order valence-electron chi connectivity index (χ4n) is 4.13. The van der Waals surface area contributed by atoms with Crippen molar-refractivity contribution in [3.63, 3.8) is 0 Å². The molecule has 0 saturated heterocycles. The second-order valence-electron chi connectivity index (χ2n) is 8.45. The van der Waals surface area contributed by atoms with Crippen LogP contribution in [0, 0.1) is 6.92 Å². The Kier molecular flexibility index (Phi) is 7.55. The molecule has 3 heterocycles. The number of aryl methyl sites for hydroxylation is 2. The third-order valence-corrected chi connectivity index (χ3v) is 8.11. The van der Waals surface area contributed by atoms with E-state index in [0.29, 0.717) is 34.4 Å². The molecule has 12 nitrogen and oxygen atoms in total. The van der Waals surface area contributed by atoms with Gasteiger partial charge in [0.15, 0.2) is 27.3 Å². The van der Waals surface area contributed by atoms with Gasteiger partial charge in [0.2, 0.25) is 0 Å². The number of nitrogens with zero attached hydrogens (tertiary/aromatic N) is 7. The van der Waals surface area contributed by atoms with E-state index in [4.69, 9.17) is 14.2 Å². The molecule has 196 valence electrons. The fourth-order valence-corrected chi connectivity index (χ4v) is 5.55. The Labute approximate surface area is 215 Å². The first-order valence-electron chi connectivity index (χ1n) is 11.4. The van der Waals surface area contributed by atoms with Gasteiger partial charge in [0.1, 0.15) is 35.4 Å². The van der Waals surface area contributed by atoms with E-state index in [1.165, 1.54) is 32.3 Å². The van der Waals surface area contributed by atoms with Crippen molar-refractivity contribution in [3.05, 3.63) is 60.2 Å². The van der Waals surface area contributed by atoms with Gasteiger partial charge in [-0.2, -0.15) is 5.10 Å². The van der Waals surface area contributed by atoms with Gasteiger partial charge in [-0.1, -0.05) is 6.07 Å². The normalized spacial score (nSPS) is 13.4. The van der Waals surface area contributed by atoms with Gasteiger partial charge >= 0.3 is 0 Å². The number of rotatable bonds is 10. The molecule has 3 aromatic heterocycles. The van der Waals surface area contributed by atoms with Gasteiger partial charge in [0, 0.05) is 32.1 Å². The number of para-hydroxylation sites is 1. The lowest BCUT2D eigenvalue weighted by Gasteiger charge is -2.22. The van der Waals surface area contributed by atoms with Crippen LogP contribution in [0.25, 0.3) is 17.1 Å². The lowest BCUT2D eigenvalue weighted by Crippen LogP contribution is -2.30. The Morgan fingerprint density at radius 2 is 1.76 bits per heavy atom. The third-order valence-electron chi connectivity index (χ3n) is 6.07. The molecular weight excluding hydrogens is 498 g/mol. The molecular formula is C24H29N7O5S. The summed E-state index contributed by atoms with van der Waals surface area (Å²) < 4.78 is 47.3. The number of hydrogen-bond acceptors (Lipinski definition) is 10. The quantitative estimate of drug-likeness (QED) is 0.302. The largest absolute Gasteiger partial charge is 0.494 e. The molecule has 1 aromatic carbocycles. The average molecular weight is 528 g/mol. The Morgan fingerprint density at radius 3 is 2.32 bits per heavy atom. The van der Waals surface area contributed by atoms with E-state index < -0.39 is 26.9 Å². The molecule has 0 saturated carbocycles. The van der Waals surface area contributed by atoms with Crippen molar-refractivity contribution in [1.29, 1.82) is 0 Å². The summed E-state index contributed by atoms with van der Waals surface area (Å²) in [6, 6.07) is 7.19. The zero-order chi connectivity index (χ0) is 26.7. The number of hydrogen-bond donors (Lipinski definition) is 0. The lowest BCUT2D eigenvalue weighted by atomic mass is 10.2. The van der Waals surface area contributed by atoms with Gasteiger partial charge in [-0.15, -0.1) is 10.2 Å². The summed E-state index contributed by atoms with van der Waals surface area (Å²) in [6.45, 7) is 3.49. The van der Waals surface area contributed by atoms with E-state index in [1.807, 2.05) is 13.0 Å². The van der Waals surface area contributed by atoms with Crippen LogP contribution in [-0.2, 0) is 27.4 Å². The van der Waals surface area contributed by atoms with E-state index >= 15 is 0 Å². The highest BCUT2D eigenvalue weighted by molar-refractivity contribution is 7.91. The number of benzene rings is 1. The van der Waals surface area contributed by atoms with Crippen molar-refractivity contribution in [2.24, 2.45) is 7.05 Å². The van der Waals surface area contributed by atoms with Crippen molar-refractivity contribution in [1.82, 2.24) is 34.5 Å². The first-order chi connectivity index (χ1) is 17.7. The minimum atomic E-state index is -3.84. The zero-order valence-corrected chi connectivity index (χ0v) is 22.3. The molecule has 0 aliphatic heterocycles. The van der Waals surface area contributed by atoms with Gasteiger partial charge in [0.05, 0.1) is 19.5 Å². The molecule has 37 heavy (non-hydrogen) atoms. The van der Waals surface area contributed by atoms with E-state index in [1.54, 1.807) is 49.1 Å². The van der Waals surface area contributed by atoms with Gasteiger partial charge < -0.3 is 14.2 Å². The molecule has 13 heteroatoms. The van der Waals surface area contributed by atoms with Gasteiger partial charge in [-0.3, -0.25) is 14.2 Å². The Morgan fingerprint density at radius 1 is 1.05 bits per heavy atom. The lowest BCUT2D eigenvalue weighted by molar-refractivity contribution is 0.0917. The maximum absolute atomic E-state index is 13.7. The summed E-state index contributed by atoms with van der Waals surface area (Å²) in [5, 5.41) is 11.7. The molecule has 0 fully saturated rings. The Hall–Kier alpha value is -3.84. The Balaban J connectivity index is 1.87. The standard InChI is InChI=1S/C24H29N7O5S/c1-15-10-17(12-25-11-15)23-29-28-20(31(23)21-18(34-4)8-7-9-19(21)35-5)13-37(32,33)16(2)22(36-6)24-26-14-27-30(24)3/h7-12,14,16,22H,13H2,1-6H3/t16-,22-/m0/s1. The number of sulfone groups is 1. The van der Waals surface area contributed by atoms with E-state index in [0.717, 1.165) is 5.56 Å². The SMILES string of the molecule is COc1cccc(OC)c1-n1c(CS(=O)(=O)[C@@H](C)[C@H](OC)c2ncnn2C)nnc1-c1cncc(C)c1. The van der Waals surface area contributed by atoms with E-state index in [2.05, 4.69) is 25.3 Å². The fraction of sp³-hybridized carbons (Fsp3) is 0.375. The number of aromatic nitrogens is 7. The number of pyridine rings is 1. The van der Waals surface area contributed by atoms with Crippen molar-refractivity contribution in [3.8, 4) is 28.6 Å². The summed E-state index contributed by atoms with van der Waals surface area (Å²) >= 11 is 0. The van der Waals surface area contributed by atoms with Crippen molar-refractivity contribution >= 4 is 9.84 Å². The molecule has 0 aliphatic rings. The monoisotopic (exact) mass is 527 g/mol. The predicted octanol–water partition coefficient (Wildman–Crippen LogP) is 2.47. The van der Waals surface area contributed by atoms with Crippen LogP contribution < -0.4 is 9.47 Å². The smallest absolute Gasteiger partial charge is 0.170 e. The van der Waals surface area contributed by atoms with Crippen LogP contribution in [0.1, 0.15) is 30.2 Å². The molecule has 0 unspecified atom stereocenters. The number of ether oxygens (including phenoxy) is 3. The first-order valence-corrected chi connectivity index (χ1v) is 13.1. The second kappa shape index (κ2) is 10.6. The molecule has 4 aromatic rings. The Bertz CT molecular complexity index is 1480. The molecule has 0 aliphatic carbocycles. The van der Waals surface area contributed by atoms with Gasteiger partial charge in [-0.25, -0.2) is 13.4 Å². The minimum Gasteiger partial charge on any atom is -0.494 e. The van der Waals surface area contributed by atoms with Crippen LogP contribution in [0.5, 0.6) is 11.5 Å². The average Bonchev–Trinajstić information content (AvgIpc) is 3.49. The minimum absolute atomic E-state index is 0.180. The molecule has 0 bridgehead atoms.